The number of nitrogens with zero attached hydrogens (tertiary/aromatic N) is 1. The van der Waals surface area contributed by atoms with E-state index >= 15 is 0 Å². The molecule has 0 bridgehead atoms. The van der Waals surface area contributed by atoms with E-state index in [1.807, 2.05) is 20.9 Å². The van der Waals surface area contributed by atoms with Crippen LogP contribution in [0.3, 0.4) is 0 Å². The molecule has 0 spiro atoms. The van der Waals surface area contributed by atoms with Crippen molar-refractivity contribution in [2.75, 3.05) is 33.2 Å². The molecule has 0 aromatic heterocycles. The van der Waals surface area contributed by atoms with E-state index in [4.69, 9.17) is 0 Å². The molecule has 1 rings (SSSR count). The van der Waals surface area contributed by atoms with Gasteiger partial charge in [0, 0.05) is 19.1 Å². The topological polar surface area (TPSA) is 73.5 Å². The summed E-state index contributed by atoms with van der Waals surface area (Å²) in [5.41, 5.74) is 0. The molecule has 0 aliphatic carbocycles. The van der Waals surface area contributed by atoms with E-state index < -0.39 is 6.03 Å². The largest absolute Gasteiger partial charge is 0.338 e. The maximum atomic E-state index is 11.8. The highest BCUT2D eigenvalue weighted by Gasteiger charge is 2.25. The van der Waals surface area contributed by atoms with Crippen LogP contribution in [0.15, 0.2) is 0 Å². The molecule has 0 radical (unpaired) electrons. The van der Waals surface area contributed by atoms with Gasteiger partial charge in [0.2, 0.25) is 5.91 Å². The highest BCUT2D eigenvalue weighted by atomic mass is 35.5. The average Bonchev–Trinajstić information content (AvgIpc) is 2.74. The molecular weight excluding hydrogens is 280 g/mol. The first-order chi connectivity index (χ1) is 9.02. The SMILES string of the molecule is CNCC1CCCN1CC(=O)NC(=O)NCC(C)C.Cl. The summed E-state index contributed by atoms with van der Waals surface area (Å²) < 4.78 is 0. The molecule has 3 N–H and O–H groups in total. The van der Waals surface area contributed by atoms with E-state index in [0.717, 1.165) is 25.9 Å². The number of carbonyl (C=O) groups is 2. The lowest BCUT2D eigenvalue weighted by atomic mass is 10.2. The van der Waals surface area contributed by atoms with Crippen molar-refractivity contribution in [2.45, 2.75) is 32.7 Å². The zero-order chi connectivity index (χ0) is 14.3. The Bertz CT molecular complexity index is 313. The van der Waals surface area contributed by atoms with Crippen LogP contribution in [0.1, 0.15) is 26.7 Å². The Morgan fingerprint density at radius 2 is 2.05 bits per heavy atom. The zero-order valence-electron chi connectivity index (χ0n) is 12.6. The van der Waals surface area contributed by atoms with E-state index in [1.165, 1.54) is 0 Å². The van der Waals surface area contributed by atoms with E-state index in [-0.39, 0.29) is 18.3 Å². The first-order valence-corrected chi connectivity index (χ1v) is 6.99. The second-order valence-electron chi connectivity index (χ2n) is 5.48. The minimum Gasteiger partial charge on any atom is -0.338 e. The minimum absolute atomic E-state index is 0. The van der Waals surface area contributed by atoms with Gasteiger partial charge in [-0.1, -0.05) is 13.8 Å². The van der Waals surface area contributed by atoms with Crippen LogP contribution in [-0.2, 0) is 4.79 Å². The molecule has 6 nitrogen and oxygen atoms in total. The van der Waals surface area contributed by atoms with E-state index in [0.29, 0.717) is 25.0 Å². The normalized spacial score (nSPS) is 18.7. The molecule has 1 atom stereocenters. The minimum atomic E-state index is -0.400. The summed E-state index contributed by atoms with van der Waals surface area (Å²) >= 11 is 0. The quantitative estimate of drug-likeness (QED) is 0.671. The monoisotopic (exact) mass is 306 g/mol. The Balaban J connectivity index is 0.00000361. The van der Waals surface area contributed by atoms with Crippen LogP contribution in [0, 0.1) is 5.92 Å². The highest BCUT2D eigenvalue weighted by molar-refractivity contribution is 5.95. The third-order valence-corrected chi connectivity index (χ3v) is 3.21. The van der Waals surface area contributed by atoms with Gasteiger partial charge in [0.05, 0.1) is 6.54 Å². The molecule has 1 unspecified atom stereocenters. The van der Waals surface area contributed by atoms with Crippen molar-refractivity contribution in [1.29, 1.82) is 0 Å². The Labute approximate surface area is 127 Å². The third kappa shape index (κ3) is 7.07. The third-order valence-electron chi connectivity index (χ3n) is 3.21. The molecule has 0 aromatic carbocycles. The van der Waals surface area contributed by atoms with Crippen LogP contribution in [-0.4, -0.2) is 56.1 Å². The lowest BCUT2D eigenvalue weighted by Crippen LogP contribution is -2.47. The number of imide groups is 1. The Morgan fingerprint density at radius 3 is 2.65 bits per heavy atom. The number of hydrogen-bond donors (Lipinski definition) is 3. The van der Waals surface area contributed by atoms with Crippen molar-refractivity contribution in [2.24, 2.45) is 5.92 Å². The van der Waals surface area contributed by atoms with Gasteiger partial charge >= 0.3 is 6.03 Å². The number of urea groups is 1. The number of nitrogens with one attached hydrogen (secondary N) is 3. The van der Waals surface area contributed by atoms with Crippen molar-refractivity contribution >= 4 is 24.3 Å². The van der Waals surface area contributed by atoms with Gasteiger partial charge in [0.25, 0.3) is 0 Å². The fourth-order valence-electron chi connectivity index (χ4n) is 2.26. The van der Waals surface area contributed by atoms with Crippen LogP contribution in [0.2, 0.25) is 0 Å². The van der Waals surface area contributed by atoms with Crippen LogP contribution in [0.4, 0.5) is 4.79 Å². The molecule has 1 fully saturated rings. The van der Waals surface area contributed by atoms with Gasteiger partial charge < -0.3 is 10.6 Å². The summed E-state index contributed by atoms with van der Waals surface area (Å²) in [5, 5.41) is 8.18. The number of hydrogen-bond acceptors (Lipinski definition) is 4. The highest BCUT2D eigenvalue weighted by Crippen LogP contribution is 2.15. The average molecular weight is 307 g/mol. The first kappa shape index (κ1) is 19.1. The molecule has 7 heteroatoms. The van der Waals surface area contributed by atoms with Crippen molar-refractivity contribution in [3.05, 3.63) is 0 Å². The summed E-state index contributed by atoms with van der Waals surface area (Å²) in [6.07, 6.45) is 2.22. The summed E-state index contributed by atoms with van der Waals surface area (Å²) in [6.45, 7) is 6.69. The number of carbonyl (C=O) groups excluding carboxylic acids is 2. The molecule has 1 aliphatic rings. The van der Waals surface area contributed by atoms with Gasteiger partial charge in [-0.2, -0.15) is 0 Å². The standard InChI is InChI=1S/C13H26N4O2.ClH/c1-10(2)7-15-13(19)16-12(18)9-17-6-4-5-11(17)8-14-3;/h10-11,14H,4-9H2,1-3H3,(H2,15,16,18,19);1H. The van der Waals surface area contributed by atoms with E-state index in [9.17, 15) is 9.59 Å². The lowest BCUT2D eigenvalue weighted by Gasteiger charge is -2.23. The molecule has 1 heterocycles. The molecule has 1 aliphatic heterocycles. The summed E-state index contributed by atoms with van der Waals surface area (Å²) in [7, 11) is 1.91. The molecule has 0 aromatic rings. The zero-order valence-corrected chi connectivity index (χ0v) is 13.4. The Hall–Kier alpha value is -0.850. The van der Waals surface area contributed by atoms with Gasteiger partial charge in [-0.05, 0) is 32.4 Å². The molecule has 20 heavy (non-hydrogen) atoms. The second-order valence-corrected chi connectivity index (χ2v) is 5.48. The van der Waals surface area contributed by atoms with Crippen molar-refractivity contribution in [3.8, 4) is 0 Å². The van der Waals surface area contributed by atoms with Crippen LogP contribution >= 0.6 is 12.4 Å². The fourth-order valence-corrected chi connectivity index (χ4v) is 2.26. The number of rotatable bonds is 6. The smallest absolute Gasteiger partial charge is 0.321 e. The molecule has 3 amide bonds. The van der Waals surface area contributed by atoms with Gasteiger partial charge in [0.1, 0.15) is 0 Å². The van der Waals surface area contributed by atoms with Crippen LogP contribution < -0.4 is 16.0 Å². The summed E-state index contributed by atoms with van der Waals surface area (Å²) in [5.74, 6) is 0.142. The molecule has 0 saturated carbocycles. The van der Waals surface area contributed by atoms with Crippen molar-refractivity contribution in [1.82, 2.24) is 20.9 Å². The van der Waals surface area contributed by atoms with Gasteiger partial charge in [-0.3, -0.25) is 15.0 Å². The fraction of sp³-hybridized carbons (Fsp3) is 0.846. The maximum absolute atomic E-state index is 11.8. The Morgan fingerprint density at radius 1 is 1.35 bits per heavy atom. The number of likely N-dealkylation sites (N-methyl/N-ethyl adjacent to an activating group) is 1. The Kier molecular flexibility index (Phi) is 9.54. The lowest BCUT2D eigenvalue weighted by molar-refractivity contribution is -0.121. The summed E-state index contributed by atoms with van der Waals surface area (Å²) in [4.78, 5) is 25.4. The first-order valence-electron chi connectivity index (χ1n) is 6.99. The number of amides is 3. The van der Waals surface area contributed by atoms with Gasteiger partial charge in [-0.25, -0.2) is 4.79 Å². The predicted molar refractivity (Wildman–Crippen MR) is 82.1 cm³/mol. The van der Waals surface area contributed by atoms with Crippen LogP contribution in [0.25, 0.3) is 0 Å². The van der Waals surface area contributed by atoms with E-state index in [1.54, 1.807) is 0 Å². The molecular formula is C13H27ClN4O2. The molecule has 1 saturated heterocycles. The summed E-state index contributed by atoms with van der Waals surface area (Å²) in [6, 6.07) is -0.00228. The number of likely N-dealkylation sites (tertiary alicyclic amines) is 1. The van der Waals surface area contributed by atoms with Crippen LogP contribution in [0.5, 0.6) is 0 Å². The number of halogens is 1. The van der Waals surface area contributed by atoms with Gasteiger partial charge in [-0.15, -0.1) is 12.4 Å². The van der Waals surface area contributed by atoms with Crippen molar-refractivity contribution < 1.29 is 9.59 Å². The van der Waals surface area contributed by atoms with Crippen molar-refractivity contribution in [3.63, 3.8) is 0 Å². The molecule has 118 valence electrons. The second kappa shape index (κ2) is 9.96. The van der Waals surface area contributed by atoms with E-state index in [2.05, 4.69) is 20.9 Å². The maximum Gasteiger partial charge on any atom is 0.321 e. The predicted octanol–water partition coefficient (Wildman–Crippen LogP) is 0.574. The van der Waals surface area contributed by atoms with Gasteiger partial charge in [0.15, 0.2) is 0 Å².